The highest BCUT2D eigenvalue weighted by molar-refractivity contribution is 6.31. The Kier molecular flexibility index (Phi) is 6.56. The van der Waals surface area contributed by atoms with Crippen LogP contribution in [-0.4, -0.2) is 43.5 Å². The molecule has 152 valence electrons. The van der Waals surface area contributed by atoms with Gasteiger partial charge in [0.15, 0.2) is 5.76 Å². The van der Waals surface area contributed by atoms with E-state index in [2.05, 4.69) is 5.32 Å². The molecule has 0 spiro atoms. The van der Waals surface area contributed by atoms with Crippen LogP contribution in [0.15, 0.2) is 46.9 Å². The van der Waals surface area contributed by atoms with Crippen molar-refractivity contribution in [1.82, 2.24) is 4.90 Å². The Morgan fingerprint density at radius 3 is 2.72 bits per heavy atom. The summed E-state index contributed by atoms with van der Waals surface area (Å²) >= 11 is 6.00. The summed E-state index contributed by atoms with van der Waals surface area (Å²) in [5, 5.41) is 4.16. The third kappa shape index (κ3) is 4.96. The third-order valence-corrected chi connectivity index (χ3v) is 4.99. The van der Waals surface area contributed by atoms with E-state index in [1.54, 1.807) is 31.4 Å². The minimum absolute atomic E-state index is 0.118. The number of halogens is 1. The molecule has 2 aromatic carbocycles. The van der Waals surface area contributed by atoms with Crippen LogP contribution in [0.25, 0.3) is 11.0 Å². The molecule has 3 aromatic rings. The summed E-state index contributed by atoms with van der Waals surface area (Å²) < 4.78 is 10.8. The van der Waals surface area contributed by atoms with E-state index in [0.717, 1.165) is 22.2 Å². The van der Waals surface area contributed by atoms with Gasteiger partial charge in [-0.1, -0.05) is 23.7 Å². The van der Waals surface area contributed by atoms with Gasteiger partial charge in [-0.15, -0.1) is 0 Å². The largest absolute Gasteiger partial charge is 0.451 e. The number of anilines is 1. The first kappa shape index (κ1) is 20.9. The molecule has 0 saturated heterocycles. The Bertz CT molecular complexity index is 1040. The second-order valence-electron chi connectivity index (χ2n) is 6.81. The lowest BCUT2D eigenvalue weighted by Crippen LogP contribution is -2.40. The number of hydrogen-bond acceptors (Lipinski definition) is 4. The SMILES string of the molecule is COCCN(CC(=O)Nc1cccc(C)c1C)C(=O)c1cc2cc(Cl)ccc2o1. The molecule has 0 radical (unpaired) electrons. The molecule has 1 aromatic heterocycles. The predicted molar refractivity (Wildman–Crippen MR) is 114 cm³/mol. The van der Waals surface area contributed by atoms with E-state index in [1.165, 1.54) is 4.90 Å². The Balaban J connectivity index is 1.77. The maximum atomic E-state index is 13.0. The number of carbonyl (C=O) groups is 2. The van der Waals surface area contributed by atoms with Crippen LogP contribution in [0.5, 0.6) is 0 Å². The van der Waals surface area contributed by atoms with Gasteiger partial charge >= 0.3 is 0 Å². The van der Waals surface area contributed by atoms with Crippen molar-refractivity contribution in [3.05, 3.63) is 64.4 Å². The van der Waals surface area contributed by atoms with Crippen molar-refractivity contribution < 1.29 is 18.7 Å². The maximum absolute atomic E-state index is 13.0. The quantitative estimate of drug-likeness (QED) is 0.620. The number of nitrogens with zero attached hydrogens (tertiary/aromatic N) is 1. The Hall–Kier alpha value is -2.83. The zero-order valence-corrected chi connectivity index (χ0v) is 17.4. The first-order chi connectivity index (χ1) is 13.9. The molecule has 1 N–H and O–H groups in total. The fourth-order valence-corrected chi connectivity index (χ4v) is 3.16. The molecule has 29 heavy (non-hydrogen) atoms. The monoisotopic (exact) mass is 414 g/mol. The van der Waals surface area contributed by atoms with Crippen molar-refractivity contribution in [2.75, 3.05) is 32.1 Å². The highest BCUT2D eigenvalue weighted by atomic mass is 35.5. The van der Waals surface area contributed by atoms with E-state index in [0.29, 0.717) is 17.2 Å². The molecular weight excluding hydrogens is 392 g/mol. The highest BCUT2D eigenvalue weighted by Crippen LogP contribution is 2.24. The van der Waals surface area contributed by atoms with Gasteiger partial charge in [-0.3, -0.25) is 9.59 Å². The van der Waals surface area contributed by atoms with Gasteiger partial charge in [0.25, 0.3) is 5.91 Å². The lowest BCUT2D eigenvalue weighted by Gasteiger charge is -2.21. The molecular formula is C22H23ClN2O4. The van der Waals surface area contributed by atoms with Gasteiger partial charge < -0.3 is 19.4 Å². The van der Waals surface area contributed by atoms with Crippen LogP contribution >= 0.6 is 11.6 Å². The summed E-state index contributed by atoms with van der Waals surface area (Å²) in [6, 6.07) is 12.5. The van der Waals surface area contributed by atoms with E-state index in [1.807, 2.05) is 32.0 Å². The van der Waals surface area contributed by atoms with E-state index in [4.69, 9.17) is 20.8 Å². The van der Waals surface area contributed by atoms with Gasteiger partial charge in [0.2, 0.25) is 5.91 Å². The van der Waals surface area contributed by atoms with Crippen LogP contribution in [-0.2, 0) is 9.53 Å². The molecule has 0 fully saturated rings. The summed E-state index contributed by atoms with van der Waals surface area (Å²) in [5.41, 5.74) is 3.36. The van der Waals surface area contributed by atoms with Crippen LogP contribution in [0.4, 0.5) is 5.69 Å². The Labute approximate surface area is 174 Å². The van der Waals surface area contributed by atoms with Gasteiger partial charge in [0.1, 0.15) is 12.1 Å². The van der Waals surface area contributed by atoms with E-state index in [-0.39, 0.29) is 30.7 Å². The number of ether oxygens (including phenoxy) is 1. The molecule has 0 saturated carbocycles. The van der Waals surface area contributed by atoms with Crippen molar-refractivity contribution >= 4 is 40.1 Å². The smallest absolute Gasteiger partial charge is 0.290 e. The van der Waals surface area contributed by atoms with Gasteiger partial charge in [-0.05, 0) is 55.3 Å². The molecule has 6 nitrogen and oxygen atoms in total. The highest BCUT2D eigenvalue weighted by Gasteiger charge is 2.22. The van der Waals surface area contributed by atoms with Gasteiger partial charge in [0, 0.05) is 29.8 Å². The zero-order chi connectivity index (χ0) is 21.0. The molecule has 0 aliphatic heterocycles. The number of benzene rings is 2. The molecule has 0 aliphatic carbocycles. The number of methoxy groups -OCH3 is 1. The van der Waals surface area contributed by atoms with Gasteiger partial charge in [-0.2, -0.15) is 0 Å². The zero-order valence-electron chi connectivity index (χ0n) is 16.6. The van der Waals surface area contributed by atoms with E-state index < -0.39 is 0 Å². The first-order valence-electron chi connectivity index (χ1n) is 9.22. The fourth-order valence-electron chi connectivity index (χ4n) is 2.98. The minimum Gasteiger partial charge on any atom is -0.451 e. The number of aryl methyl sites for hydroxylation is 1. The summed E-state index contributed by atoms with van der Waals surface area (Å²) in [4.78, 5) is 27.0. The number of hydrogen-bond donors (Lipinski definition) is 1. The summed E-state index contributed by atoms with van der Waals surface area (Å²) in [7, 11) is 1.54. The van der Waals surface area contributed by atoms with Crippen LogP contribution in [0.1, 0.15) is 21.7 Å². The minimum atomic E-state index is -0.384. The molecule has 7 heteroatoms. The topological polar surface area (TPSA) is 71.8 Å². The van der Waals surface area contributed by atoms with Crippen molar-refractivity contribution in [1.29, 1.82) is 0 Å². The third-order valence-electron chi connectivity index (χ3n) is 4.75. The molecule has 3 rings (SSSR count). The second kappa shape index (κ2) is 9.11. The summed E-state index contributed by atoms with van der Waals surface area (Å²) in [5.74, 6) is -0.522. The predicted octanol–water partition coefficient (Wildman–Crippen LogP) is 4.43. The van der Waals surface area contributed by atoms with Crippen molar-refractivity contribution in [3.63, 3.8) is 0 Å². The van der Waals surface area contributed by atoms with Crippen LogP contribution in [0.2, 0.25) is 5.02 Å². The molecule has 1 heterocycles. The van der Waals surface area contributed by atoms with Gasteiger partial charge in [0.05, 0.1) is 6.61 Å². The number of nitrogens with one attached hydrogen (secondary N) is 1. The Morgan fingerprint density at radius 2 is 1.97 bits per heavy atom. The molecule has 0 atom stereocenters. The van der Waals surface area contributed by atoms with E-state index in [9.17, 15) is 9.59 Å². The first-order valence-corrected chi connectivity index (χ1v) is 9.60. The standard InChI is InChI=1S/C22H23ClN2O4/c1-14-5-4-6-18(15(14)2)24-21(26)13-25(9-10-28-3)22(27)20-12-16-11-17(23)7-8-19(16)29-20/h4-8,11-12H,9-10,13H2,1-3H3,(H,24,26). The molecule has 0 unspecified atom stereocenters. The van der Waals surface area contributed by atoms with Crippen molar-refractivity contribution in [2.45, 2.75) is 13.8 Å². The fraction of sp³-hybridized carbons (Fsp3) is 0.273. The average Bonchev–Trinajstić information content (AvgIpc) is 3.11. The molecule has 2 amide bonds. The average molecular weight is 415 g/mol. The molecule has 0 aliphatic rings. The summed E-state index contributed by atoms with van der Waals surface area (Å²) in [6.45, 7) is 4.36. The second-order valence-corrected chi connectivity index (χ2v) is 7.24. The van der Waals surface area contributed by atoms with E-state index >= 15 is 0 Å². The number of rotatable bonds is 7. The maximum Gasteiger partial charge on any atom is 0.290 e. The molecule has 0 bridgehead atoms. The lowest BCUT2D eigenvalue weighted by molar-refractivity contribution is -0.117. The number of fused-ring (bicyclic) bond motifs is 1. The summed E-state index contributed by atoms with van der Waals surface area (Å²) in [6.07, 6.45) is 0. The lowest BCUT2D eigenvalue weighted by atomic mass is 10.1. The number of furan rings is 1. The van der Waals surface area contributed by atoms with Crippen LogP contribution < -0.4 is 5.32 Å². The van der Waals surface area contributed by atoms with Crippen LogP contribution in [0, 0.1) is 13.8 Å². The van der Waals surface area contributed by atoms with Crippen LogP contribution in [0.3, 0.4) is 0 Å². The normalized spacial score (nSPS) is 10.9. The van der Waals surface area contributed by atoms with Crippen molar-refractivity contribution in [2.24, 2.45) is 0 Å². The number of carbonyl (C=O) groups excluding carboxylic acids is 2. The number of amides is 2. The Morgan fingerprint density at radius 1 is 1.17 bits per heavy atom. The van der Waals surface area contributed by atoms with Crippen molar-refractivity contribution in [3.8, 4) is 0 Å². The van der Waals surface area contributed by atoms with Gasteiger partial charge in [-0.25, -0.2) is 0 Å².